The van der Waals surface area contributed by atoms with Gasteiger partial charge in [-0.3, -0.25) is 0 Å². The number of benzene rings is 1. The lowest BCUT2D eigenvalue weighted by atomic mass is 9.99. The molecule has 82 valence electrons. The van der Waals surface area contributed by atoms with Gasteiger partial charge in [-0.2, -0.15) is 0 Å². The van der Waals surface area contributed by atoms with Crippen LogP contribution in [0.5, 0.6) is 0 Å². The van der Waals surface area contributed by atoms with E-state index in [0.717, 1.165) is 16.5 Å². The number of halogens is 2. The lowest BCUT2D eigenvalue weighted by Gasteiger charge is -2.26. The van der Waals surface area contributed by atoms with Crippen LogP contribution >= 0.6 is 27.5 Å². The SMILES string of the molecule is OC1CCOC(c2ccc(Br)c(Cl)c2)C1. The second-order valence-electron chi connectivity index (χ2n) is 3.71. The molecule has 1 aromatic carbocycles. The van der Waals surface area contributed by atoms with E-state index in [-0.39, 0.29) is 12.2 Å². The molecular weight excluding hydrogens is 279 g/mol. The summed E-state index contributed by atoms with van der Waals surface area (Å²) >= 11 is 9.35. The second-order valence-corrected chi connectivity index (χ2v) is 4.97. The first kappa shape index (κ1) is 11.4. The van der Waals surface area contributed by atoms with E-state index in [9.17, 15) is 5.11 Å². The molecule has 0 bridgehead atoms. The third kappa shape index (κ3) is 2.72. The monoisotopic (exact) mass is 290 g/mol. The van der Waals surface area contributed by atoms with Crippen LogP contribution in [-0.4, -0.2) is 17.8 Å². The predicted octanol–water partition coefficient (Wildman–Crippen LogP) is 3.31. The molecule has 2 atom stereocenters. The summed E-state index contributed by atoms with van der Waals surface area (Å²) in [6, 6.07) is 5.76. The number of hydrogen-bond acceptors (Lipinski definition) is 2. The van der Waals surface area contributed by atoms with E-state index in [1.807, 2.05) is 18.2 Å². The molecule has 15 heavy (non-hydrogen) atoms. The summed E-state index contributed by atoms with van der Waals surface area (Å²) in [4.78, 5) is 0. The fourth-order valence-corrected chi connectivity index (χ4v) is 2.16. The van der Waals surface area contributed by atoms with Gasteiger partial charge in [-0.1, -0.05) is 17.7 Å². The Hall–Kier alpha value is -0.0900. The standard InChI is InChI=1S/C11H12BrClO2/c12-9-2-1-7(5-10(9)13)11-6-8(14)3-4-15-11/h1-2,5,8,11,14H,3-4,6H2. The van der Waals surface area contributed by atoms with E-state index in [4.69, 9.17) is 16.3 Å². The summed E-state index contributed by atoms with van der Waals surface area (Å²) in [5.41, 5.74) is 1.03. The Morgan fingerprint density at radius 3 is 2.93 bits per heavy atom. The molecule has 1 fully saturated rings. The van der Waals surface area contributed by atoms with Gasteiger partial charge in [-0.15, -0.1) is 0 Å². The van der Waals surface area contributed by atoms with Crippen LogP contribution in [0.1, 0.15) is 24.5 Å². The van der Waals surface area contributed by atoms with Gasteiger partial charge >= 0.3 is 0 Å². The number of rotatable bonds is 1. The number of ether oxygens (including phenoxy) is 1. The van der Waals surface area contributed by atoms with E-state index in [2.05, 4.69) is 15.9 Å². The van der Waals surface area contributed by atoms with Crippen molar-refractivity contribution in [3.63, 3.8) is 0 Å². The molecule has 0 saturated carbocycles. The highest BCUT2D eigenvalue weighted by molar-refractivity contribution is 9.10. The molecule has 2 rings (SSSR count). The van der Waals surface area contributed by atoms with Gasteiger partial charge in [0.1, 0.15) is 0 Å². The largest absolute Gasteiger partial charge is 0.393 e. The Bertz CT molecular complexity index is 356. The number of aliphatic hydroxyl groups is 1. The van der Waals surface area contributed by atoms with Gasteiger partial charge in [0.25, 0.3) is 0 Å². The van der Waals surface area contributed by atoms with E-state index in [0.29, 0.717) is 18.1 Å². The molecule has 1 aliphatic rings. The van der Waals surface area contributed by atoms with Crippen molar-refractivity contribution in [1.29, 1.82) is 0 Å². The lowest BCUT2D eigenvalue weighted by molar-refractivity contribution is -0.0447. The van der Waals surface area contributed by atoms with Crippen molar-refractivity contribution in [3.05, 3.63) is 33.3 Å². The first-order valence-corrected chi connectivity index (χ1v) is 6.08. The van der Waals surface area contributed by atoms with Crippen LogP contribution in [0, 0.1) is 0 Å². The molecule has 1 aliphatic heterocycles. The third-order valence-corrected chi connectivity index (χ3v) is 3.80. The van der Waals surface area contributed by atoms with Crippen molar-refractivity contribution in [1.82, 2.24) is 0 Å². The zero-order valence-corrected chi connectivity index (χ0v) is 10.5. The quantitative estimate of drug-likeness (QED) is 0.860. The molecule has 1 N–H and O–H groups in total. The zero-order chi connectivity index (χ0) is 10.8. The molecule has 0 aliphatic carbocycles. The Labute approximate surface area is 102 Å². The Balaban J connectivity index is 2.18. The van der Waals surface area contributed by atoms with Gasteiger partial charge in [0.05, 0.1) is 17.2 Å². The van der Waals surface area contributed by atoms with E-state index < -0.39 is 0 Å². The maximum Gasteiger partial charge on any atom is 0.0850 e. The third-order valence-electron chi connectivity index (χ3n) is 2.57. The zero-order valence-electron chi connectivity index (χ0n) is 8.12. The topological polar surface area (TPSA) is 29.5 Å². The van der Waals surface area contributed by atoms with Crippen molar-refractivity contribution >= 4 is 27.5 Å². The van der Waals surface area contributed by atoms with Crippen molar-refractivity contribution in [2.45, 2.75) is 25.0 Å². The molecule has 0 aromatic heterocycles. The van der Waals surface area contributed by atoms with Crippen molar-refractivity contribution in [3.8, 4) is 0 Å². The average Bonchev–Trinajstić information content (AvgIpc) is 2.22. The summed E-state index contributed by atoms with van der Waals surface area (Å²) < 4.78 is 6.47. The van der Waals surface area contributed by atoms with E-state index >= 15 is 0 Å². The van der Waals surface area contributed by atoms with Crippen LogP contribution < -0.4 is 0 Å². The van der Waals surface area contributed by atoms with E-state index in [1.165, 1.54) is 0 Å². The molecular formula is C11H12BrClO2. The maximum atomic E-state index is 9.54. The van der Waals surface area contributed by atoms with Crippen LogP contribution in [0.3, 0.4) is 0 Å². The van der Waals surface area contributed by atoms with Crippen LogP contribution in [-0.2, 0) is 4.74 Å². The van der Waals surface area contributed by atoms with Gasteiger partial charge in [0.15, 0.2) is 0 Å². The summed E-state index contributed by atoms with van der Waals surface area (Å²) in [7, 11) is 0. The number of hydrogen-bond donors (Lipinski definition) is 1. The van der Waals surface area contributed by atoms with Gasteiger partial charge < -0.3 is 9.84 Å². The second kappa shape index (κ2) is 4.83. The summed E-state index contributed by atoms with van der Waals surface area (Å²) in [5, 5.41) is 10.2. The van der Waals surface area contributed by atoms with Gasteiger partial charge in [-0.05, 0) is 40.0 Å². The highest BCUT2D eigenvalue weighted by Gasteiger charge is 2.22. The van der Waals surface area contributed by atoms with Crippen molar-refractivity contribution < 1.29 is 9.84 Å². The van der Waals surface area contributed by atoms with Crippen LogP contribution in [0.25, 0.3) is 0 Å². The lowest BCUT2D eigenvalue weighted by Crippen LogP contribution is -2.23. The minimum Gasteiger partial charge on any atom is -0.393 e. The first-order valence-electron chi connectivity index (χ1n) is 4.91. The normalized spacial score (nSPS) is 26.6. The van der Waals surface area contributed by atoms with Crippen LogP contribution in [0.15, 0.2) is 22.7 Å². The predicted molar refractivity (Wildman–Crippen MR) is 63.1 cm³/mol. The van der Waals surface area contributed by atoms with Gasteiger partial charge in [0.2, 0.25) is 0 Å². The molecule has 0 radical (unpaired) electrons. The summed E-state index contributed by atoms with van der Waals surface area (Å²) in [6.07, 6.45) is 1.09. The molecule has 1 heterocycles. The highest BCUT2D eigenvalue weighted by atomic mass is 79.9. The smallest absolute Gasteiger partial charge is 0.0850 e. The molecule has 1 saturated heterocycles. The molecule has 4 heteroatoms. The van der Waals surface area contributed by atoms with Crippen LogP contribution in [0.4, 0.5) is 0 Å². The molecule has 0 amide bonds. The number of aliphatic hydroxyl groups excluding tert-OH is 1. The molecule has 2 unspecified atom stereocenters. The molecule has 0 spiro atoms. The fourth-order valence-electron chi connectivity index (χ4n) is 1.72. The van der Waals surface area contributed by atoms with Gasteiger partial charge in [-0.25, -0.2) is 0 Å². The van der Waals surface area contributed by atoms with Crippen LogP contribution in [0.2, 0.25) is 5.02 Å². The van der Waals surface area contributed by atoms with Gasteiger partial charge in [0, 0.05) is 17.5 Å². The average molecular weight is 292 g/mol. The van der Waals surface area contributed by atoms with E-state index in [1.54, 1.807) is 0 Å². The summed E-state index contributed by atoms with van der Waals surface area (Å²) in [6.45, 7) is 0.611. The maximum absolute atomic E-state index is 9.54. The summed E-state index contributed by atoms with van der Waals surface area (Å²) in [5.74, 6) is 0. The minimum absolute atomic E-state index is 0.0284. The Kier molecular flexibility index (Phi) is 3.67. The Morgan fingerprint density at radius 2 is 2.27 bits per heavy atom. The van der Waals surface area contributed by atoms with Crippen molar-refractivity contribution in [2.24, 2.45) is 0 Å². The first-order chi connectivity index (χ1) is 7.16. The Morgan fingerprint density at radius 1 is 1.47 bits per heavy atom. The molecule has 1 aromatic rings. The van der Waals surface area contributed by atoms with Crippen molar-refractivity contribution in [2.75, 3.05) is 6.61 Å². The highest BCUT2D eigenvalue weighted by Crippen LogP contribution is 2.32. The fraction of sp³-hybridized carbons (Fsp3) is 0.455. The molecule has 2 nitrogen and oxygen atoms in total. The minimum atomic E-state index is -0.258.